The molecule has 0 radical (unpaired) electrons. The first kappa shape index (κ1) is 21.4. The zero-order chi connectivity index (χ0) is 21.5. The summed E-state index contributed by atoms with van der Waals surface area (Å²) in [6.07, 6.45) is 0.855. The number of carbonyl (C=O) groups is 2. The first-order valence-electron chi connectivity index (χ1n) is 10.2. The summed E-state index contributed by atoms with van der Waals surface area (Å²) < 4.78 is 8.40. The van der Waals surface area contributed by atoms with Gasteiger partial charge in [-0.05, 0) is 31.0 Å². The highest BCUT2D eigenvalue weighted by Crippen LogP contribution is 2.14. The maximum absolute atomic E-state index is 12.7. The van der Waals surface area contributed by atoms with Gasteiger partial charge >= 0.3 is 11.7 Å². The summed E-state index contributed by atoms with van der Waals surface area (Å²) in [7, 11) is 0. The smallest absolute Gasteiger partial charge is 0.329 e. The van der Waals surface area contributed by atoms with Gasteiger partial charge in [-0.2, -0.15) is 0 Å². The molecular formula is C23H27N3O4. The van der Waals surface area contributed by atoms with Gasteiger partial charge in [0.05, 0.1) is 23.5 Å². The number of fused-ring (bicyclic) bond motifs is 1. The Morgan fingerprint density at radius 1 is 0.967 bits per heavy atom. The largest absolute Gasteiger partial charge is 0.456 e. The minimum atomic E-state index is -0.517. The predicted molar refractivity (Wildman–Crippen MR) is 115 cm³/mol. The lowest BCUT2D eigenvalue weighted by atomic mass is 10.1. The van der Waals surface area contributed by atoms with Crippen LogP contribution < -0.4 is 11.0 Å². The number of hydrogen-bond donors (Lipinski definition) is 1. The summed E-state index contributed by atoms with van der Waals surface area (Å²) in [5.41, 5.74) is 2.48. The van der Waals surface area contributed by atoms with Gasteiger partial charge in [0.2, 0.25) is 0 Å². The van der Waals surface area contributed by atoms with Crippen molar-refractivity contribution in [2.75, 3.05) is 6.61 Å². The SMILES string of the molecule is CCCn1c(=O)n(CCC(=O)OCC(=O)N[C@@H](C)c2ccccc2)c2ccccc21. The lowest BCUT2D eigenvalue weighted by Crippen LogP contribution is -2.31. The van der Waals surface area contributed by atoms with Gasteiger partial charge in [-0.15, -0.1) is 0 Å². The average Bonchev–Trinajstić information content (AvgIpc) is 3.03. The maximum atomic E-state index is 12.7. The van der Waals surface area contributed by atoms with Gasteiger partial charge in [0, 0.05) is 13.1 Å². The van der Waals surface area contributed by atoms with Crippen molar-refractivity contribution in [3.05, 3.63) is 70.6 Å². The van der Waals surface area contributed by atoms with E-state index in [0.29, 0.717) is 6.54 Å². The Hall–Kier alpha value is -3.35. The van der Waals surface area contributed by atoms with E-state index in [4.69, 9.17) is 4.74 Å². The number of amides is 1. The van der Waals surface area contributed by atoms with Crippen LogP contribution in [0.4, 0.5) is 0 Å². The fraction of sp³-hybridized carbons (Fsp3) is 0.348. The molecule has 0 aliphatic rings. The maximum Gasteiger partial charge on any atom is 0.329 e. The van der Waals surface area contributed by atoms with Crippen molar-refractivity contribution >= 4 is 22.9 Å². The fourth-order valence-electron chi connectivity index (χ4n) is 3.46. The molecule has 0 saturated heterocycles. The van der Waals surface area contributed by atoms with Crippen molar-refractivity contribution in [2.24, 2.45) is 0 Å². The van der Waals surface area contributed by atoms with Crippen LogP contribution in [0.1, 0.15) is 38.3 Å². The van der Waals surface area contributed by atoms with E-state index in [1.807, 2.05) is 68.4 Å². The number of rotatable bonds is 9. The van der Waals surface area contributed by atoms with E-state index in [2.05, 4.69) is 5.32 Å². The third kappa shape index (κ3) is 4.97. The third-order valence-electron chi connectivity index (χ3n) is 4.95. The number of imidazole rings is 1. The van der Waals surface area contributed by atoms with E-state index in [1.54, 1.807) is 9.13 Å². The number of carbonyl (C=O) groups excluding carboxylic acids is 2. The zero-order valence-electron chi connectivity index (χ0n) is 17.3. The van der Waals surface area contributed by atoms with E-state index in [0.717, 1.165) is 23.0 Å². The molecule has 0 spiro atoms. The molecule has 2 aromatic carbocycles. The number of esters is 1. The van der Waals surface area contributed by atoms with Crippen molar-refractivity contribution in [3.8, 4) is 0 Å². The molecule has 3 aromatic rings. The summed E-state index contributed by atoms with van der Waals surface area (Å²) in [5.74, 6) is -0.881. The fourth-order valence-corrected chi connectivity index (χ4v) is 3.46. The van der Waals surface area contributed by atoms with Gasteiger partial charge in [-0.25, -0.2) is 4.79 Å². The van der Waals surface area contributed by atoms with Crippen molar-refractivity contribution in [2.45, 2.75) is 45.8 Å². The highest BCUT2D eigenvalue weighted by Gasteiger charge is 2.15. The van der Waals surface area contributed by atoms with Crippen molar-refractivity contribution in [1.29, 1.82) is 0 Å². The Kier molecular flexibility index (Phi) is 7.06. The summed E-state index contributed by atoms with van der Waals surface area (Å²) in [6, 6.07) is 16.9. The normalized spacial score (nSPS) is 11.9. The molecule has 1 amide bonds. The number of ether oxygens (including phenoxy) is 1. The lowest BCUT2D eigenvalue weighted by Gasteiger charge is -2.14. The van der Waals surface area contributed by atoms with Gasteiger partial charge in [0.25, 0.3) is 5.91 Å². The molecule has 158 valence electrons. The monoisotopic (exact) mass is 409 g/mol. The average molecular weight is 409 g/mol. The Balaban J connectivity index is 1.54. The molecule has 0 fully saturated rings. The van der Waals surface area contributed by atoms with Crippen LogP contribution >= 0.6 is 0 Å². The Morgan fingerprint density at radius 2 is 1.57 bits per heavy atom. The van der Waals surface area contributed by atoms with Crippen LogP contribution in [0.5, 0.6) is 0 Å². The summed E-state index contributed by atoms with van der Waals surface area (Å²) in [4.78, 5) is 36.9. The summed E-state index contributed by atoms with van der Waals surface area (Å²) in [5, 5.41) is 2.80. The molecule has 0 bridgehead atoms. The molecule has 3 rings (SSSR count). The molecule has 1 atom stereocenters. The quantitative estimate of drug-likeness (QED) is 0.551. The molecule has 1 aromatic heterocycles. The van der Waals surface area contributed by atoms with Gasteiger partial charge in [-0.1, -0.05) is 49.4 Å². The third-order valence-corrected chi connectivity index (χ3v) is 4.95. The Morgan fingerprint density at radius 3 is 2.20 bits per heavy atom. The summed E-state index contributed by atoms with van der Waals surface area (Å²) in [6.45, 7) is 4.36. The van der Waals surface area contributed by atoms with E-state index in [9.17, 15) is 14.4 Å². The molecular weight excluding hydrogens is 382 g/mol. The number of aryl methyl sites for hydroxylation is 2. The number of benzene rings is 2. The first-order valence-corrected chi connectivity index (χ1v) is 10.2. The minimum Gasteiger partial charge on any atom is -0.456 e. The number of nitrogens with zero attached hydrogens (tertiary/aromatic N) is 2. The molecule has 30 heavy (non-hydrogen) atoms. The predicted octanol–water partition coefficient (Wildman–Crippen LogP) is 3.02. The van der Waals surface area contributed by atoms with Gasteiger partial charge < -0.3 is 10.1 Å². The molecule has 7 heteroatoms. The number of hydrogen-bond acceptors (Lipinski definition) is 4. The van der Waals surface area contributed by atoms with Crippen LogP contribution in [0.15, 0.2) is 59.4 Å². The molecule has 0 unspecified atom stereocenters. The Labute approximate surface area is 175 Å². The van der Waals surface area contributed by atoms with Crippen LogP contribution in [0.25, 0.3) is 11.0 Å². The second-order valence-corrected chi connectivity index (χ2v) is 7.19. The van der Waals surface area contributed by atoms with E-state index < -0.39 is 5.97 Å². The Bertz CT molecular complexity index is 1070. The molecule has 1 N–H and O–H groups in total. The molecule has 1 heterocycles. The van der Waals surface area contributed by atoms with Gasteiger partial charge in [-0.3, -0.25) is 18.7 Å². The number of para-hydroxylation sites is 2. The van der Waals surface area contributed by atoms with Crippen molar-refractivity contribution in [1.82, 2.24) is 14.5 Å². The van der Waals surface area contributed by atoms with Crippen LogP contribution in [0.2, 0.25) is 0 Å². The van der Waals surface area contributed by atoms with Crippen LogP contribution in [0, 0.1) is 0 Å². The van der Waals surface area contributed by atoms with Gasteiger partial charge in [0.15, 0.2) is 6.61 Å². The highest BCUT2D eigenvalue weighted by atomic mass is 16.5. The second-order valence-electron chi connectivity index (χ2n) is 7.19. The van der Waals surface area contributed by atoms with Crippen LogP contribution in [-0.4, -0.2) is 27.6 Å². The van der Waals surface area contributed by atoms with E-state index >= 15 is 0 Å². The molecule has 0 saturated carbocycles. The van der Waals surface area contributed by atoms with Crippen molar-refractivity contribution < 1.29 is 14.3 Å². The second kappa shape index (κ2) is 9.91. The van der Waals surface area contributed by atoms with Crippen LogP contribution in [-0.2, 0) is 27.4 Å². The van der Waals surface area contributed by atoms with Crippen LogP contribution in [0.3, 0.4) is 0 Å². The topological polar surface area (TPSA) is 82.3 Å². The lowest BCUT2D eigenvalue weighted by molar-refractivity contribution is -0.148. The van der Waals surface area contributed by atoms with Gasteiger partial charge in [0.1, 0.15) is 0 Å². The molecule has 7 nitrogen and oxygen atoms in total. The standard InChI is InChI=1S/C23H27N3O4/c1-3-14-25-19-11-7-8-12-20(19)26(23(25)29)15-13-22(28)30-16-21(27)24-17(2)18-9-5-4-6-10-18/h4-12,17H,3,13-16H2,1-2H3,(H,24,27)/t17-/m0/s1. The number of nitrogens with one attached hydrogen (secondary N) is 1. The minimum absolute atomic E-state index is 0.0154. The summed E-state index contributed by atoms with van der Waals surface area (Å²) >= 11 is 0. The molecule has 0 aliphatic heterocycles. The highest BCUT2D eigenvalue weighted by molar-refractivity contribution is 5.81. The number of aromatic nitrogens is 2. The van der Waals surface area contributed by atoms with Crippen molar-refractivity contribution in [3.63, 3.8) is 0 Å². The van der Waals surface area contributed by atoms with E-state index in [1.165, 1.54) is 0 Å². The molecule has 0 aliphatic carbocycles. The first-order chi connectivity index (χ1) is 14.5. The van der Waals surface area contributed by atoms with E-state index in [-0.39, 0.29) is 37.2 Å². The zero-order valence-corrected chi connectivity index (χ0v) is 17.3.